The highest BCUT2D eigenvalue weighted by Gasteiger charge is 2.69. The lowest BCUT2D eigenvalue weighted by molar-refractivity contribution is -0.149. The number of urea groups is 1. The molecule has 10 heteroatoms. The van der Waals surface area contributed by atoms with E-state index in [1.54, 1.807) is 32.9 Å². The third-order valence-corrected chi connectivity index (χ3v) is 5.85. The number of hydrogen-bond donors (Lipinski definition) is 2. The van der Waals surface area contributed by atoms with Gasteiger partial charge in [0.05, 0.1) is 17.9 Å². The van der Waals surface area contributed by atoms with Crippen LogP contribution in [-0.2, 0) is 19.1 Å². The van der Waals surface area contributed by atoms with Crippen LogP contribution in [-0.4, -0.2) is 35.5 Å². The Kier molecular flexibility index (Phi) is 5.38. The Morgan fingerprint density at radius 2 is 2.00 bits per heavy atom. The Hall–Kier alpha value is -2.19. The minimum Gasteiger partial charge on any atom is -0.464 e. The van der Waals surface area contributed by atoms with Crippen molar-refractivity contribution < 1.29 is 28.3 Å². The molecule has 2 amide bonds. The first-order valence-electron chi connectivity index (χ1n) is 8.68. The largest absolute Gasteiger partial charge is 0.464 e. The first-order chi connectivity index (χ1) is 13.1. The Labute approximate surface area is 171 Å². The van der Waals surface area contributed by atoms with Gasteiger partial charge in [0.15, 0.2) is 0 Å². The average molecular weight is 431 g/mol. The number of ether oxygens (including phenoxy) is 2. The van der Waals surface area contributed by atoms with Gasteiger partial charge in [0.1, 0.15) is 33.9 Å². The molecule has 1 aromatic heterocycles. The van der Waals surface area contributed by atoms with Crippen LogP contribution < -0.4 is 10.6 Å². The maximum Gasteiger partial charge on any atom is 0.338 e. The monoisotopic (exact) mass is 430 g/mol. The topological polar surface area (TPSA) is 107 Å². The minimum absolute atomic E-state index is 0.0903. The molecule has 2 atom stereocenters. The fraction of sp³-hybridized carbons (Fsp3) is 0.500. The zero-order chi connectivity index (χ0) is 20.7. The van der Waals surface area contributed by atoms with Crippen molar-refractivity contribution in [2.45, 2.75) is 37.6 Å². The lowest BCUT2D eigenvalue weighted by atomic mass is 10.0. The molecule has 1 aliphatic heterocycles. The molecule has 1 aliphatic carbocycles. The molecule has 1 aromatic rings. The van der Waals surface area contributed by atoms with Crippen LogP contribution in [0.15, 0.2) is 27.8 Å². The molecular weight excluding hydrogens is 411 g/mol. The summed E-state index contributed by atoms with van der Waals surface area (Å²) in [7, 11) is 0. The number of carbonyl (C=O) groups excluding carboxylic acids is 3. The predicted octanol–water partition coefficient (Wildman–Crippen LogP) is 2.89. The van der Waals surface area contributed by atoms with Crippen LogP contribution in [0.5, 0.6) is 0 Å². The molecule has 0 aromatic carbocycles. The van der Waals surface area contributed by atoms with Gasteiger partial charge in [-0.25, -0.2) is 9.59 Å². The van der Waals surface area contributed by atoms with Gasteiger partial charge < -0.3 is 24.5 Å². The zero-order valence-electron chi connectivity index (χ0n) is 15.6. The first kappa shape index (κ1) is 20.5. The van der Waals surface area contributed by atoms with E-state index in [4.69, 9.17) is 37.1 Å². The highest BCUT2D eigenvalue weighted by atomic mass is 35.5. The number of hydrogen-bond acceptors (Lipinski definition) is 6. The smallest absolute Gasteiger partial charge is 0.338 e. The molecule has 0 saturated heterocycles. The molecule has 0 spiro atoms. The summed E-state index contributed by atoms with van der Waals surface area (Å²) >= 11 is 12.0. The second-order valence-electron chi connectivity index (χ2n) is 6.88. The van der Waals surface area contributed by atoms with Crippen molar-refractivity contribution in [3.8, 4) is 0 Å². The lowest BCUT2D eigenvalue weighted by Gasteiger charge is -2.28. The van der Waals surface area contributed by atoms with Gasteiger partial charge in [0, 0.05) is 6.42 Å². The van der Waals surface area contributed by atoms with Crippen LogP contribution in [0.4, 0.5) is 4.79 Å². The van der Waals surface area contributed by atoms with Gasteiger partial charge in [-0.15, -0.1) is 23.2 Å². The molecular formula is C18H20Cl2N2O6. The molecule has 152 valence electrons. The Morgan fingerprint density at radius 3 is 2.54 bits per heavy atom. The van der Waals surface area contributed by atoms with Crippen molar-refractivity contribution in [3.05, 3.63) is 34.9 Å². The van der Waals surface area contributed by atoms with E-state index < -0.39 is 33.8 Å². The van der Waals surface area contributed by atoms with Crippen molar-refractivity contribution >= 4 is 41.2 Å². The van der Waals surface area contributed by atoms with Crippen molar-refractivity contribution in [1.29, 1.82) is 0 Å². The van der Waals surface area contributed by atoms with Crippen LogP contribution in [0.25, 0.3) is 0 Å². The van der Waals surface area contributed by atoms with Gasteiger partial charge in [-0.05, 0) is 32.9 Å². The van der Waals surface area contributed by atoms with Gasteiger partial charge in [-0.3, -0.25) is 4.79 Å². The molecule has 2 N–H and O–H groups in total. The Balaban J connectivity index is 1.89. The third kappa shape index (κ3) is 3.71. The molecule has 1 saturated carbocycles. The SMILES string of the molecule is CCOC(=O)C1=C(COC(=O)[C@]2(C)CC2(Cl)Cl)NC(=O)N[C@H]1c1ccc(C)o1. The van der Waals surface area contributed by atoms with Crippen LogP contribution in [0.1, 0.15) is 37.8 Å². The van der Waals surface area contributed by atoms with Gasteiger partial charge in [-0.1, -0.05) is 0 Å². The Morgan fingerprint density at radius 1 is 1.32 bits per heavy atom. The van der Waals surface area contributed by atoms with Gasteiger partial charge >= 0.3 is 18.0 Å². The summed E-state index contributed by atoms with van der Waals surface area (Å²) in [4.78, 5) is 37.0. The summed E-state index contributed by atoms with van der Waals surface area (Å²) in [5, 5.41) is 5.13. The van der Waals surface area contributed by atoms with Crippen LogP contribution in [0, 0.1) is 12.3 Å². The summed E-state index contributed by atoms with van der Waals surface area (Å²) in [6, 6.07) is 1.90. The summed E-state index contributed by atoms with van der Waals surface area (Å²) in [5.74, 6) is -0.316. The van der Waals surface area contributed by atoms with Gasteiger partial charge in [0.2, 0.25) is 0 Å². The van der Waals surface area contributed by atoms with Crippen LogP contribution >= 0.6 is 23.2 Å². The number of amides is 2. The number of carbonyl (C=O) groups is 3. The number of rotatable bonds is 6. The minimum atomic E-state index is -1.19. The molecule has 0 unspecified atom stereocenters. The second kappa shape index (κ2) is 7.33. The summed E-state index contributed by atoms with van der Waals surface area (Å²) in [6.45, 7) is 4.77. The molecule has 0 bridgehead atoms. The molecule has 2 aliphatic rings. The van der Waals surface area contributed by atoms with E-state index in [1.165, 1.54) is 0 Å². The zero-order valence-corrected chi connectivity index (χ0v) is 17.1. The quantitative estimate of drug-likeness (QED) is 0.530. The third-order valence-electron chi connectivity index (χ3n) is 4.75. The van der Waals surface area contributed by atoms with Gasteiger partial charge in [-0.2, -0.15) is 0 Å². The number of esters is 2. The highest BCUT2D eigenvalue weighted by Crippen LogP contribution is 2.64. The van der Waals surface area contributed by atoms with E-state index >= 15 is 0 Å². The maximum atomic E-state index is 12.6. The normalized spacial score (nSPS) is 25.6. The van der Waals surface area contributed by atoms with Crippen LogP contribution in [0.3, 0.4) is 0 Å². The van der Waals surface area contributed by atoms with E-state index in [9.17, 15) is 14.4 Å². The van der Waals surface area contributed by atoms with Gasteiger partial charge in [0.25, 0.3) is 0 Å². The van der Waals surface area contributed by atoms with Crippen molar-refractivity contribution in [2.75, 3.05) is 13.2 Å². The molecule has 8 nitrogen and oxygen atoms in total. The maximum absolute atomic E-state index is 12.6. The predicted molar refractivity (Wildman–Crippen MR) is 99.6 cm³/mol. The number of furan rings is 1. The molecule has 0 radical (unpaired) electrons. The molecule has 2 heterocycles. The summed E-state index contributed by atoms with van der Waals surface area (Å²) in [6.07, 6.45) is 0.258. The molecule has 1 fully saturated rings. The number of halogens is 2. The summed E-state index contributed by atoms with van der Waals surface area (Å²) in [5.41, 5.74) is -0.837. The second-order valence-corrected chi connectivity index (χ2v) is 8.37. The van der Waals surface area contributed by atoms with E-state index in [1.807, 2.05) is 0 Å². The Bertz CT molecular complexity index is 862. The molecule has 28 heavy (non-hydrogen) atoms. The summed E-state index contributed by atoms with van der Waals surface area (Å²) < 4.78 is 14.8. The van der Waals surface area contributed by atoms with E-state index in [0.717, 1.165) is 0 Å². The first-order valence-corrected chi connectivity index (χ1v) is 9.43. The van der Waals surface area contributed by atoms with E-state index in [0.29, 0.717) is 11.5 Å². The van der Waals surface area contributed by atoms with E-state index in [2.05, 4.69) is 10.6 Å². The fourth-order valence-corrected chi connectivity index (χ4v) is 3.61. The average Bonchev–Trinajstić information content (AvgIpc) is 2.92. The highest BCUT2D eigenvalue weighted by molar-refractivity contribution is 6.53. The number of nitrogens with one attached hydrogen (secondary N) is 2. The van der Waals surface area contributed by atoms with Crippen molar-refractivity contribution in [3.63, 3.8) is 0 Å². The lowest BCUT2D eigenvalue weighted by Crippen LogP contribution is -2.47. The van der Waals surface area contributed by atoms with Crippen molar-refractivity contribution in [1.82, 2.24) is 10.6 Å². The number of alkyl halides is 2. The van der Waals surface area contributed by atoms with Crippen molar-refractivity contribution in [2.24, 2.45) is 5.41 Å². The van der Waals surface area contributed by atoms with E-state index in [-0.39, 0.29) is 30.9 Å². The molecule has 3 rings (SSSR count). The fourth-order valence-electron chi connectivity index (χ4n) is 2.92. The van der Waals surface area contributed by atoms with Crippen LogP contribution in [0.2, 0.25) is 0 Å². The standard InChI is InChI=1S/C18H20Cl2N2O6/c1-4-26-14(23)12-10(7-27-15(24)17(3)8-18(17,19)20)21-16(25)22-13(12)11-6-5-9(2)28-11/h5-6,13H,4,7-8H2,1-3H3,(H2,21,22,25)/t13-,17-/m0/s1. The number of aryl methyl sites for hydroxylation is 1.